The van der Waals surface area contributed by atoms with E-state index in [1.54, 1.807) is 6.07 Å². The highest BCUT2D eigenvalue weighted by atomic mass is 19.1. The van der Waals surface area contributed by atoms with E-state index >= 15 is 0 Å². The molecule has 1 atom stereocenters. The van der Waals surface area contributed by atoms with Gasteiger partial charge in [0, 0.05) is 18.5 Å². The molecule has 20 heavy (non-hydrogen) atoms. The molecule has 0 fully saturated rings. The molecule has 3 N–H and O–H groups in total. The number of rotatable bonds is 4. The van der Waals surface area contributed by atoms with Gasteiger partial charge in [0.2, 0.25) is 0 Å². The molecule has 1 aromatic rings. The zero-order valence-corrected chi connectivity index (χ0v) is 10.7. The molecule has 0 aliphatic carbocycles. The molecule has 1 heterocycles. The van der Waals surface area contributed by atoms with Gasteiger partial charge in [-0.1, -0.05) is 0 Å². The van der Waals surface area contributed by atoms with Crippen LogP contribution in [0, 0.1) is 5.82 Å². The van der Waals surface area contributed by atoms with Crippen molar-refractivity contribution in [1.29, 1.82) is 0 Å². The molecule has 0 spiro atoms. The Morgan fingerprint density at radius 3 is 2.85 bits per heavy atom. The van der Waals surface area contributed by atoms with Crippen LogP contribution in [-0.4, -0.2) is 42.7 Å². The van der Waals surface area contributed by atoms with E-state index in [0.29, 0.717) is 12.2 Å². The molecule has 0 saturated carbocycles. The van der Waals surface area contributed by atoms with Crippen molar-refractivity contribution in [2.45, 2.75) is 12.5 Å². The van der Waals surface area contributed by atoms with Crippen molar-refractivity contribution >= 4 is 11.8 Å². The molecular formula is C13H15FN2O4. The van der Waals surface area contributed by atoms with Crippen LogP contribution >= 0.6 is 0 Å². The Hall–Kier alpha value is -2.15. The smallest absolute Gasteiger partial charge is 0.309 e. The lowest BCUT2D eigenvalue weighted by molar-refractivity contribution is -0.139. The maximum absolute atomic E-state index is 13.0. The Kier molecular flexibility index (Phi) is 4.52. The number of aliphatic hydroxyl groups excluding tert-OH is 1. The third-order valence-corrected chi connectivity index (χ3v) is 2.86. The Labute approximate surface area is 114 Å². The molecule has 1 aliphatic rings. The van der Waals surface area contributed by atoms with E-state index < -0.39 is 11.8 Å². The second-order valence-corrected chi connectivity index (χ2v) is 4.39. The second-order valence-electron chi connectivity index (χ2n) is 4.39. The number of carbonyl (C=O) groups excluding carboxylic acids is 2. The standard InChI is InChI=1S/C13H15FN2O4/c14-9-1-2-11-8(5-9)6-10(20-11)7-16-13(19)12(18)15-3-4-17/h1-2,5,10,17H,3-4,6-7H2,(H,15,18)(H,16,19). The first-order chi connectivity index (χ1) is 9.60. The van der Waals surface area contributed by atoms with E-state index in [2.05, 4.69) is 10.6 Å². The van der Waals surface area contributed by atoms with Crippen molar-refractivity contribution in [1.82, 2.24) is 10.6 Å². The van der Waals surface area contributed by atoms with Gasteiger partial charge in [-0.2, -0.15) is 0 Å². The van der Waals surface area contributed by atoms with Crippen molar-refractivity contribution in [3.05, 3.63) is 29.6 Å². The quantitative estimate of drug-likeness (QED) is 0.641. The first-order valence-electron chi connectivity index (χ1n) is 6.22. The topological polar surface area (TPSA) is 87.7 Å². The number of fused-ring (bicyclic) bond motifs is 1. The molecule has 1 aliphatic heterocycles. The van der Waals surface area contributed by atoms with E-state index in [1.165, 1.54) is 12.1 Å². The summed E-state index contributed by atoms with van der Waals surface area (Å²) in [6, 6.07) is 4.24. The highest BCUT2D eigenvalue weighted by Gasteiger charge is 2.24. The lowest BCUT2D eigenvalue weighted by atomic mass is 10.1. The lowest BCUT2D eigenvalue weighted by Gasteiger charge is -2.11. The van der Waals surface area contributed by atoms with Crippen LogP contribution in [-0.2, 0) is 16.0 Å². The zero-order chi connectivity index (χ0) is 14.5. The van der Waals surface area contributed by atoms with Crippen LogP contribution in [0.1, 0.15) is 5.56 Å². The maximum Gasteiger partial charge on any atom is 0.309 e. The van der Waals surface area contributed by atoms with E-state index in [4.69, 9.17) is 9.84 Å². The molecule has 0 aromatic heterocycles. The number of hydrogen-bond acceptors (Lipinski definition) is 4. The monoisotopic (exact) mass is 282 g/mol. The van der Waals surface area contributed by atoms with Crippen molar-refractivity contribution in [2.75, 3.05) is 19.7 Å². The number of benzene rings is 1. The molecule has 108 valence electrons. The van der Waals surface area contributed by atoms with Gasteiger partial charge in [-0.15, -0.1) is 0 Å². The number of carbonyl (C=O) groups is 2. The summed E-state index contributed by atoms with van der Waals surface area (Å²) < 4.78 is 18.5. The Balaban J connectivity index is 1.79. The van der Waals surface area contributed by atoms with E-state index in [-0.39, 0.29) is 31.6 Å². The van der Waals surface area contributed by atoms with Crippen LogP contribution in [0.2, 0.25) is 0 Å². The molecule has 0 bridgehead atoms. The molecule has 2 amide bonds. The number of nitrogens with one attached hydrogen (secondary N) is 2. The third-order valence-electron chi connectivity index (χ3n) is 2.86. The average molecular weight is 282 g/mol. The molecule has 6 nitrogen and oxygen atoms in total. The number of amides is 2. The average Bonchev–Trinajstić information content (AvgIpc) is 2.83. The van der Waals surface area contributed by atoms with Crippen LogP contribution in [0.15, 0.2) is 18.2 Å². The van der Waals surface area contributed by atoms with Crippen molar-refractivity contribution < 1.29 is 23.8 Å². The van der Waals surface area contributed by atoms with Gasteiger partial charge in [-0.05, 0) is 18.2 Å². The summed E-state index contributed by atoms with van der Waals surface area (Å²) in [5.41, 5.74) is 0.744. The Bertz CT molecular complexity index is 521. The summed E-state index contributed by atoms with van der Waals surface area (Å²) in [5.74, 6) is -1.33. The van der Waals surface area contributed by atoms with Gasteiger partial charge < -0.3 is 20.5 Å². The van der Waals surface area contributed by atoms with Gasteiger partial charge >= 0.3 is 11.8 Å². The van der Waals surface area contributed by atoms with Crippen molar-refractivity contribution in [3.63, 3.8) is 0 Å². The first kappa shape index (κ1) is 14.3. The van der Waals surface area contributed by atoms with Crippen LogP contribution in [0.25, 0.3) is 0 Å². The molecule has 0 radical (unpaired) electrons. The number of halogens is 1. The molecule has 7 heteroatoms. The van der Waals surface area contributed by atoms with E-state index in [9.17, 15) is 14.0 Å². The molecule has 2 rings (SSSR count). The first-order valence-corrected chi connectivity index (χ1v) is 6.22. The largest absolute Gasteiger partial charge is 0.488 e. The highest BCUT2D eigenvalue weighted by molar-refractivity contribution is 6.35. The van der Waals surface area contributed by atoms with Gasteiger partial charge in [0.1, 0.15) is 17.7 Å². The minimum atomic E-state index is -0.805. The number of hydrogen-bond donors (Lipinski definition) is 3. The second kappa shape index (κ2) is 6.33. The molecule has 0 saturated heterocycles. The highest BCUT2D eigenvalue weighted by Crippen LogP contribution is 2.28. The van der Waals surface area contributed by atoms with Gasteiger partial charge in [-0.3, -0.25) is 9.59 Å². The summed E-state index contributed by atoms with van der Waals surface area (Å²) >= 11 is 0. The van der Waals surface area contributed by atoms with Crippen LogP contribution < -0.4 is 15.4 Å². The summed E-state index contributed by atoms with van der Waals surface area (Å²) in [7, 11) is 0. The van der Waals surface area contributed by atoms with Gasteiger partial charge in [0.05, 0.1) is 13.2 Å². The lowest BCUT2D eigenvalue weighted by Crippen LogP contribution is -2.44. The Morgan fingerprint density at radius 1 is 1.35 bits per heavy atom. The fraction of sp³-hybridized carbons (Fsp3) is 0.385. The maximum atomic E-state index is 13.0. The fourth-order valence-corrected chi connectivity index (χ4v) is 1.94. The van der Waals surface area contributed by atoms with Crippen molar-refractivity contribution in [2.24, 2.45) is 0 Å². The van der Waals surface area contributed by atoms with E-state index in [0.717, 1.165) is 5.56 Å². The van der Waals surface area contributed by atoms with E-state index in [1.807, 2.05) is 0 Å². The SMILES string of the molecule is O=C(NCCO)C(=O)NCC1Cc2cc(F)ccc2O1. The summed E-state index contributed by atoms with van der Waals surface area (Å²) in [6.45, 7) is -0.0514. The Morgan fingerprint density at radius 2 is 2.10 bits per heavy atom. The van der Waals surface area contributed by atoms with Crippen LogP contribution in [0.5, 0.6) is 5.75 Å². The predicted octanol–water partition coefficient (Wildman–Crippen LogP) is -0.646. The predicted molar refractivity (Wildman–Crippen MR) is 67.6 cm³/mol. The van der Waals surface area contributed by atoms with Gasteiger partial charge in [-0.25, -0.2) is 4.39 Å². The minimum absolute atomic E-state index is 0.0247. The van der Waals surface area contributed by atoms with Crippen LogP contribution in [0.3, 0.4) is 0 Å². The normalized spacial score (nSPS) is 16.2. The minimum Gasteiger partial charge on any atom is -0.488 e. The van der Waals surface area contributed by atoms with Gasteiger partial charge in [0.15, 0.2) is 0 Å². The third kappa shape index (κ3) is 3.45. The zero-order valence-electron chi connectivity index (χ0n) is 10.7. The molecule has 1 aromatic carbocycles. The number of aliphatic hydroxyl groups is 1. The molecule has 1 unspecified atom stereocenters. The van der Waals surface area contributed by atoms with Crippen LogP contribution in [0.4, 0.5) is 4.39 Å². The molecular weight excluding hydrogens is 267 g/mol. The summed E-state index contributed by atoms with van der Waals surface area (Å²) in [5, 5.41) is 13.2. The van der Waals surface area contributed by atoms with Gasteiger partial charge in [0.25, 0.3) is 0 Å². The fourth-order valence-electron chi connectivity index (χ4n) is 1.94. The summed E-state index contributed by atoms with van der Waals surface area (Å²) in [6.07, 6.45) is 0.160. The summed E-state index contributed by atoms with van der Waals surface area (Å²) in [4.78, 5) is 22.7. The van der Waals surface area contributed by atoms with Crippen molar-refractivity contribution in [3.8, 4) is 5.75 Å². The number of ether oxygens (including phenoxy) is 1.